The number of hydrogen-bond donors (Lipinski definition) is 2. The van der Waals surface area contributed by atoms with Crippen molar-refractivity contribution in [1.29, 1.82) is 0 Å². The first-order valence-electron chi connectivity index (χ1n) is 20.9. The molecule has 318 valence electrons. The van der Waals surface area contributed by atoms with Gasteiger partial charge in [-0.1, -0.05) is 106 Å². The predicted molar refractivity (Wildman–Crippen MR) is 223 cm³/mol. The SMILES string of the molecule is CC[C@H](C)[C@@H]([C@@H](CC(=O)N1CCC[C@H]1[C@H](OC)[C@@H](C)C(=O)NC(Cc1ccccc1)C(=O)CC(C)(C)C)OC)N(C)C(=O)[C@@H](CC(=O)[C@@H](NC)C(C)C)C(C)C. The molecule has 0 bridgehead atoms. The van der Waals surface area contributed by atoms with Crippen molar-refractivity contribution in [1.82, 2.24) is 20.4 Å². The Labute approximate surface area is 338 Å². The Kier molecular flexibility index (Phi) is 19.9. The van der Waals surface area contributed by atoms with Crippen molar-refractivity contribution in [3.63, 3.8) is 0 Å². The van der Waals surface area contributed by atoms with Gasteiger partial charge in [-0.15, -0.1) is 0 Å². The van der Waals surface area contributed by atoms with Gasteiger partial charge in [0.1, 0.15) is 0 Å². The fourth-order valence-corrected chi connectivity index (χ4v) is 8.43. The van der Waals surface area contributed by atoms with Gasteiger partial charge in [-0.05, 0) is 55.0 Å². The molecular weight excluding hydrogens is 709 g/mol. The number of nitrogens with one attached hydrogen (secondary N) is 2. The summed E-state index contributed by atoms with van der Waals surface area (Å²) >= 11 is 0. The number of likely N-dealkylation sites (tertiary alicyclic amines) is 1. The van der Waals surface area contributed by atoms with E-state index in [0.29, 0.717) is 25.8 Å². The Bertz CT molecular complexity index is 1410. The Hall–Kier alpha value is -3.15. The van der Waals surface area contributed by atoms with Crippen LogP contribution in [0.2, 0.25) is 0 Å². The van der Waals surface area contributed by atoms with Gasteiger partial charge in [0.2, 0.25) is 17.7 Å². The van der Waals surface area contributed by atoms with E-state index in [1.807, 2.05) is 83.7 Å². The van der Waals surface area contributed by atoms with Crippen LogP contribution in [0.3, 0.4) is 0 Å². The molecule has 0 saturated carbocycles. The molecule has 0 aromatic heterocycles. The molecule has 1 unspecified atom stereocenters. The highest BCUT2D eigenvalue weighted by molar-refractivity contribution is 5.91. The van der Waals surface area contributed by atoms with Crippen LogP contribution < -0.4 is 10.6 Å². The van der Waals surface area contributed by atoms with Crippen LogP contribution >= 0.6 is 0 Å². The molecule has 1 aliphatic heterocycles. The summed E-state index contributed by atoms with van der Waals surface area (Å²) in [5.74, 6) is -1.71. The van der Waals surface area contributed by atoms with Gasteiger partial charge in [-0.3, -0.25) is 24.0 Å². The highest BCUT2D eigenvalue weighted by Crippen LogP contribution is 2.31. The van der Waals surface area contributed by atoms with E-state index in [9.17, 15) is 24.0 Å². The monoisotopic (exact) mass is 785 g/mol. The number of benzene rings is 1. The fourth-order valence-electron chi connectivity index (χ4n) is 8.43. The molecule has 3 amide bonds. The third kappa shape index (κ3) is 13.8. The van der Waals surface area contributed by atoms with Crippen molar-refractivity contribution < 1.29 is 33.4 Å². The van der Waals surface area contributed by atoms with Crippen molar-refractivity contribution in [2.45, 2.75) is 151 Å². The van der Waals surface area contributed by atoms with E-state index in [2.05, 4.69) is 24.5 Å². The van der Waals surface area contributed by atoms with E-state index >= 15 is 0 Å². The summed E-state index contributed by atoms with van der Waals surface area (Å²) in [6.07, 6.45) is 1.84. The van der Waals surface area contributed by atoms with Crippen LogP contribution in [0.15, 0.2) is 30.3 Å². The number of amides is 3. The number of Topliss-reactive ketones (excluding diaryl/α,β-unsaturated/α-hetero) is 2. The van der Waals surface area contributed by atoms with Gasteiger partial charge in [0.25, 0.3) is 0 Å². The van der Waals surface area contributed by atoms with Crippen LogP contribution in [0.4, 0.5) is 0 Å². The van der Waals surface area contributed by atoms with Crippen molar-refractivity contribution in [3.05, 3.63) is 35.9 Å². The third-order valence-electron chi connectivity index (χ3n) is 11.8. The van der Waals surface area contributed by atoms with Crippen molar-refractivity contribution >= 4 is 29.3 Å². The van der Waals surface area contributed by atoms with Crippen molar-refractivity contribution in [2.24, 2.45) is 35.0 Å². The molecule has 0 spiro atoms. The molecule has 2 rings (SSSR count). The molecular formula is C45H76N4O7. The molecule has 1 saturated heterocycles. The summed E-state index contributed by atoms with van der Waals surface area (Å²) in [6, 6.07) is 7.87. The molecule has 0 aliphatic carbocycles. The summed E-state index contributed by atoms with van der Waals surface area (Å²) in [7, 11) is 6.68. The molecule has 1 aromatic rings. The maximum absolute atomic E-state index is 14.3. The van der Waals surface area contributed by atoms with E-state index in [1.54, 1.807) is 40.1 Å². The summed E-state index contributed by atoms with van der Waals surface area (Å²) in [4.78, 5) is 72.9. The van der Waals surface area contributed by atoms with E-state index in [0.717, 1.165) is 18.4 Å². The van der Waals surface area contributed by atoms with E-state index in [-0.39, 0.29) is 77.4 Å². The quantitative estimate of drug-likeness (QED) is 0.136. The van der Waals surface area contributed by atoms with E-state index in [4.69, 9.17) is 9.47 Å². The first-order valence-corrected chi connectivity index (χ1v) is 20.9. The van der Waals surface area contributed by atoms with Gasteiger partial charge < -0.3 is 29.9 Å². The van der Waals surface area contributed by atoms with Crippen LogP contribution in [0.25, 0.3) is 0 Å². The van der Waals surface area contributed by atoms with Gasteiger partial charge in [-0.2, -0.15) is 0 Å². The van der Waals surface area contributed by atoms with Crippen LogP contribution in [0.5, 0.6) is 0 Å². The van der Waals surface area contributed by atoms with Gasteiger partial charge in [0.15, 0.2) is 11.6 Å². The second kappa shape index (κ2) is 22.7. The van der Waals surface area contributed by atoms with Crippen LogP contribution in [0, 0.1) is 35.0 Å². The molecule has 2 N–H and O–H groups in total. The molecule has 9 atom stereocenters. The average Bonchev–Trinajstić information content (AvgIpc) is 3.62. The number of hydrogen-bond acceptors (Lipinski definition) is 8. The molecule has 1 fully saturated rings. The lowest BCUT2D eigenvalue weighted by molar-refractivity contribution is -0.149. The maximum atomic E-state index is 14.3. The Balaban J connectivity index is 2.31. The molecule has 1 heterocycles. The number of carbonyl (C=O) groups excluding carboxylic acids is 5. The normalized spacial score (nSPS) is 19.1. The lowest BCUT2D eigenvalue weighted by atomic mass is 9.84. The number of methoxy groups -OCH3 is 2. The lowest BCUT2D eigenvalue weighted by Gasteiger charge is -2.41. The first-order chi connectivity index (χ1) is 26.2. The summed E-state index contributed by atoms with van der Waals surface area (Å²) < 4.78 is 12.1. The molecule has 1 aromatic carbocycles. The summed E-state index contributed by atoms with van der Waals surface area (Å²) in [5.41, 5.74) is 0.720. The maximum Gasteiger partial charge on any atom is 0.226 e. The highest BCUT2D eigenvalue weighted by Gasteiger charge is 2.43. The minimum atomic E-state index is -0.696. The minimum Gasteiger partial charge on any atom is -0.379 e. The smallest absolute Gasteiger partial charge is 0.226 e. The van der Waals surface area contributed by atoms with Gasteiger partial charge in [-0.25, -0.2) is 0 Å². The minimum absolute atomic E-state index is 0.000534. The number of carbonyl (C=O) groups is 5. The highest BCUT2D eigenvalue weighted by atomic mass is 16.5. The number of ketones is 2. The summed E-state index contributed by atoms with van der Waals surface area (Å²) in [5, 5.41) is 6.17. The molecule has 1 aliphatic rings. The van der Waals surface area contributed by atoms with Crippen LogP contribution in [0.1, 0.15) is 113 Å². The second-order valence-electron chi connectivity index (χ2n) is 18.1. The zero-order valence-corrected chi connectivity index (χ0v) is 37.1. The predicted octanol–water partition coefficient (Wildman–Crippen LogP) is 6.11. The fraction of sp³-hybridized carbons (Fsp3) is 0.756. The number of nitrogens with zero attached hydrogens (tertiary/aromatic N) is 2. The Morgan fingerprint density at radius 2 is 1.54 bits per heavy atom. The lowest BCUT2D eigenvalue weighted by Crippen LogP contribution is -2.55. The second-order valence-corrected chi connectivity index (χ2v) is 18.1. The summed E-state index contributed by atoms with van der Waals surface area (Å²) in [6.45, 7) is 20.4. The Morgan fingerprint density at radius 1 is 0.911 bits per heavy atom. The largest absolute Gasteiger partial charge is 0.379 e. The Morgan fingerprint density at radius 3 is 2.04 bits per heavy atom. The van der Waals surface area contributed by atoms with Gasteiger partial charge in [0, 0.05) is 46.6 Å². The standard InChI is InChI=1S/C45H76N4O7/c1-15-30(6)41(48(12)44(54)33(28(2)3)25-36(50)40(46-11)29(4)5)38(55-13)26-39(52)49-23-19-22-35(49)42(56-14)31(7)43(53)47-34(37(51)27-45(8,9)10)24-32-20-17-16-18-21-32/h16-18,20-21,28-31,33-35,38,40-42,46H,15,19,22-27H2,1-14H3,(H,47,53)/t30-,31+,33-,34?,35-,38+,40-,41-,42+/m0/s1. The number of rotatable bonds is 23. The van der Waals surface area contributed by atoms with Crippen LogP contribution in [-0.4, -0.2) is 110 Å². The number of ether oxygens (including phenoxy) is 2. The van der Waals surface area contributed by atoms with Crippen molar-refractivity contribution in [3.8, 4) is 0 Å². The van der Waals surface area contributed by atoms with Crippen LogP contribution in [-0.2, 0) is 39.9 Å². The molecule has 11 heteroatoms. The van der Waals surface area contributed by atoms with Gasteiger partial charge in [0.05, 0.1) is 48.7 Å². The van der Waals surface area contributed by atoms with E-state index in [1.165, 1.54) is 0 Å². The number of likely N-dealkylation sites (N-methyl/N-ethyl adjacent to an activating group) is 2. The first kappa shape index (κ1) is 49.0. The zero-order chi connectivity index (χ0) is 42.5. The van der Waals surface area contributed by atoms with E-state index < -0.39 is 36.1 Å². The van der Waals surface area contributed by atoms with Crippen molar-refractivity contribution in [2.75, 3.05) is 34.9 Å². The average molecular weight is 785 g/mol. The molecule has 11 nitrogen and oxygen atoms in total. The zero-order valence-electron chi connectivity index (χ0n) is 37.1. The topological polar surface area (TPSA) is 134 Å². The van der Waals surface area contributed by atoms with Gasteiger partial charge >= 0.3 is 0 Å². The third-order valence-corrected chi connectivity index (χ3v) is 11.8. The molecule has 0 radical (unpaired) electrons. The molecule has 56 heavy (non-hydrogen) atoms.